The molecule has 3 heterocycles. The summed E-state index contributed by atoms with van der Waals surface area (Å²) in [4.78, 5) is 36.4. The molecule has 1 aromatic carbocycles. The van der Waals surface area contributed by atoms with Crippen LogP contribution >= 0.6 is 27.3 Å². The minimum absolute atomic E-state index is 0.141. The highest BCUT2D eigenvalue weighted by atomic mass is 79.9. The standard InChI is InChI=1S/C23H24BrFN4O5S2/c1-3-34-23(31)18-16(11-29-6-8-36(32)9-7-29)26-20(21-27-17(12-35-21)22(30)33-2)28-19(18)14-5-4-13(25)10-15(14)24/h4-5,10,12,19H,3,6-9,11H2,1-2H3,(H,26,28). The van der Waals surface area contributed by atoms with Gasteiger partial charge < -0.3 is 14.8 Å². The molecule has 36 heavy (non-hydrogen) atoms. The van der Waals surface area contributed by atoms with Crippen LogP contribution in [0.5, 0.6) is 0 Å². The number of rotatable bonds is 7. The molecule has 0 saturated carbocycles. The van der Waals surface area contributed by atoms with Gasteiger partial charge in [-0.05, 0) is 24.6 Å². The van der Waals surface area contributed by atoms with Gasteiger partial charge in [0.1, 0.15) is 11.9 Å². The molecule has 192 valence electrons. The smallest absolute Gasteiger partial charge is 0.357 e. The van der Waals surface area contributed by atoms with Gasteiger partial charge in [-0.15, -0.1) is 11.3 Å². The Kier molecular flexibility index (Phi) is 8.65. The Labute approximate surface area is 222 Å². The number of carbonyl (C=O) groups is 2. The lowest BCUT2D eigenvalue weighted by Crippen LogP contribution is -2.44. The minimum Gasteiger partial charge on any atom is -0.464 e. The van der Waals surface area contributed by atoms with E-state index in [1.165, 1.54) is 30.6 Å². The average molecular weight is 600 g/mol. The first kappa shape index (κ1) is 26.6. The first-order valence-electron chi connectivity index (χ1n) is 11.1. The summed E-state index contributed by atoms with van der Waals surface area (Å²) in [7, 11) is 0.419. The topological polar surface area (TPSA) is 110 Å². The van der Waals surface area contributed by atoms with Crippen molar-refractivity contribution >= 4 is 55.8 Å². The number of nitrogens with one attached hydrogen (secondary N) is 1. The number of halogens is 2. The van der Waals surface area contributed by atoms with Crippen LogP contribution in [-0.2, 0) is 25.1 Å². The quantitative estimate of drug-likeness (QED) is 0.484. The van der Waals surface area contributed by atoms with E-state index in [1.807, 2.05) is 0 Å². The lowest BCUT2D eigenvalue weighted by molar-refractivity contribution is -0.139. The Morgan fingerprint density at radius 2 is 2.06 bits per heavy atom. The molecule has 0 spiro atoms. The third kappa shape index (κ3) is 5.90. The number of hydrogen-bond donors (Lipinski definition) is 1. The zero-order valence-corrected chi connectivity index (χ0v) is 22.8. The fourth-order valence-electron chi connectivity index (χ4n) is 3.86. The Morgan fingerprint density at radius 3 is 2.72 bits per heavy atom. The Balaban J connectivity index is 1.81. The molecule has 2 aliphatic heterocycles. The molecular formula is C23H24BrFN4O5S2. The summed E-state index contributed by atoms with van der Waals surface area (Å²) in [5.41, 5.74) is 1.56. The number of aliphatic imine (C=N–C) groups is 1. The van der Waals surface area contributed by atoms with Crippen molar-refractivity contribution in [2.75, 3.05) is 44.9 Å². The summed E-state index contributed by atoms with van der Waals surface area (Å²) in [6.07, 6.45) is 0. The highest BCUT2D eigenvalue weighted by Gasteiger charge is 2.35. The second kappa shape index (κ2) is 11.7. The maximum atomic E-state index is 13.9. The molecule has 0 radical (unpaired) electrons. The monoisotopic (exact) mass is 598 g/mol. The number of thiazole rings is 1. The van der Waals surface area contributed by atoms with Gasteiger partial charge >= 0.3 is 11.9 Å². The van der Waals surface area contributed by atoms with Crippen LogP contribution in [0.1, 0.15) is 34.0 Å². The number of esters is 2. The SMILES string of the molecule is CCOC(=O)C1=C(CN2CCS(=O)CC2)NC(c2nc(C(=O)OC)cs2)=NC1c1ccc(F)cc1Br. The van der Waals surface area contributed by atoms with Gasteiger partial charge in [0.15, 0.2) is 16.5 Å². The third-order valence-electron chi connectivity index (χ3n) is 5.63. The van der Waals surface area contributed by atoms with Crippen molar-refractivity contribution in [2.45, 2.75) is 13.0 Å². The van der Waals surface area contributed by atoms with Crippen molar-refractivity contribution in [3.63, 3.8) is 0 Å². The third-order valence-corrected chi connectivity index (χ3v) is 8.44. The lowest BCUT2D eigenvalue weighted by Gasteiger charge is -2.32. The van der Waals surface area contributed by atoms with Crippen molar-refractivity contribution < 1.29 is 27.7 Å². The molecule has 0 aliphatic carbocycles. The van der Waals surface area contributed by atoms with Gasteiger partial charge in [0, 0.05) is 57.5 Å². The first-order valence-corrected chi connectivity index (χ1v) is 14.3. The number of ether oxygens (including phenoxy) is 2. The first-order chi connectivity index (χ1) is 17.3. The predicted octanol–water partition coefficient (Wildman–Crippen LogP) is 2.80. The molecule has 2 aliphatic rings. The zero-order valence-electron chi connectivity index (χ0n) is 19.6. The van der Waals surface area contributed by atoms with E-state index in [0.29, 0.717) is 63.3 Å². The summed E-state index contributed by atoms with van der Waals surface area (Å²) in [5.74, 6) is -0.0971. The molecule has 1 unspecified atom stereocenters. The van der Waals surface area contributed by atoms with Crippen LogP contribution < -0.4 is 5.32 Å². The van der Waals surface area contributed by atoms with E-state index in [0.717, 1.165) is 0 Å². The van der Waals surface area contributed by atoms with Gasteiger partial charge in [-0.25, -0.2) is 19.0 Å². The van der Waals surface area contributed by atoms with Crippen LogP contribution in [0.15, 0.2) is 44.3 Å². The summed E-state index contributed by atoms with van der Waals surface area (Å²) in [6, 6.07) is 3.36. The van der Waals surface area contributed by atoms with E-state index < -0.39 is 34.6 Å². The number of benzene rings is 1. The molecular weight excluding hydrogens is 575 g/mol. The van der Waals surface area contributed by atoms with Crippen molar-refractivity contribution in [2.24, 2.45) is 4.99 Å². The highest BCUT2D eigenvalue weighted by Crippen LogP contribution is 2.37. The fraction of sp³-hybridized carbons (Fsp3) is 0.391. The number of hydrogen-bond acceptors (Lipinski definition) is 10. The normalized spacial score (nSPS) is 19.0. The van der Waals surface area contributed by atoms with Crippen LogP contribution in [-0.4, -0.2) is 76.7 Å². The minimum atomic E-state index is -0.857. The largest absolute Gasteiger partial charge is 0.464 e. The van der Waals surface area contributed by atoms with E-state index in [1.54, 1.807) is 18.4 Å². The van der Waals surface area contributed by atoms with E-state index >= 15 is 0 Å². The fourth-order valence-corrected chi connectivity index (χ4v) is 6.30. The van der Waals surface area contributed by atoms with Gasteiger partial charge in [0.25, 0.3) is 0 Å². The van der Waals surface area contributed by atoms with Crippen LogP contribution in [0, 0.1) is 5.82 Å². The average Bonchev–Trinajstić information content (AvgIpc) is 3.35. The molecule has 1 N–H and O–H groups in total. The molecule has 1 atom stereocenters. The molecule has 4 rings (SSSR count). The van der Waals surface area contributed by atoms with Crippen molar-refractivity contribution in [3.8, 4) is 0 Å². The van der Waals surface area contributed by atoms with E-state index in [4.69, 9.17) is 14.5 Å². The van der Waals surface area contributed by atoms with E-state index in [-0.39, 0.29) is 12.3 Å². The molecule has 0 bridgehead atoms. The molecule has 0 amide bonds. The summed E-state index contributed by atoms with van der Waals surface area (Å²) in [6.45, 7) is 3.45. The van der Waals surface area contributed by atoms with Gasteiger partial charge in [0.2, 0.25) is 0 Å². The van der Waals surface area contributed by atoms with Crippen LogP contribution in [0.4, 0.5) is 4.39 Å². The maximum absolute atomic E-state index is 13.9. The maximum Gasteiger partial charge on any atom is 0.357 e. The predicted molar refractivity (Wildman–Crippen MR) is 138 cm³/mol. The summed E-state index contributed by atoms with van der Waals surface area (Å²) >= 11 is 4.61. The van der Waals surface area contributed by atoms with Gasteiger partial charge in [-0.3, -0.25) is 14.1 Å². The molecule has 1 saturated heterocycles. The highest BCUT2D eigenvalue weighted by molar-refractivity contribution is 9.10. The summed E-state index contributed by atoms with van der Waals surface area (Å²) < 4.78 is 36.4. The Hall–Kier alpha value is -2.48. The van der Waals surface area contributed by atoms with Crippen LogP contribution in [0.25, 0.3) is 0 Å². The second-order valence-electron chi connectivity index (χ2n) is 7.94. The van der Waals surface area contributed by atoms with Gasteiger partial charge in [-0.2, -0.15) is 0 Å². The number of nitrogens with zero attached hydrogens (tertiary/aromatic N) is 3. The lowest BCUT2D eigenvalue weighted by atomic mass is 9.95. The number of aromatic nitrogens is 1. The molecule has 9 nitrogen and oxygen atoms in total. The van der Waals surface area contributed by atoms with Crippen molar-refractivity contribution in [1.82, 2.24) is 15.2 Å². The molecule has 13 heteroatoms. The molecule has 2 aromatic rings. The molecule has 1 fully saturated rings. The summed E-state index contributed by atoms with van der Waals surface area (Å²) in [5, 5.41) is 5.23. The van der Waals surface area contributed by atoms with Crippen molar-refractivity contribution in [1.29, 1.82) is 0 Å². The zero-order chi connectivity index (χ0) is 25.8. The van der Waals surface area contributed by atoms with Gasteiger partial charge in [-0.1, -0.05) is 22.0 Å². The second-order valence-corrected chi connectivity index (χ2v) is 11.3. The van der Waals surface area contributed by atoms with E-state index in [9.17, 15) is 18.2 Å². The Morgan fingerprint density at radius 1 is 1.31 bits per heavy atom. The molecule has 1 aromatic heterocycles. The Bertz CT molecular complexity index is 1250. The number of amidine groups is 1. The van der Waals surface area contributed by atoms with Crippen molar-refractivity contribution in [3.05, 3.63) is 61.4 Å². The van der Waals surface area contributed by atoms with E-state index in [2.05, 4.69) is 31.1 Å². The van der Waals surface area contributed by atoms with Gasteiger partial charge in [0.05, 0.1) is 19.3 Å². The number of carbonyl (C=O) groups excluding carboxylic acids is 2. The van der Waals surface area contributed by atoms with Crippen LogP contribution in [0.3, 0.4) is 0 Å². The number of methoxy groups -OCH3 is 1. The van der Waals surface area contributed by atoms with Crippen LogP contribution in [0.2, 0.25) is 0 Å².